The van der Waals surface area contributed by atoms with Crippen LogP contribution < -0.4 is 0 Å². The van der Waals surface area contributed by atoms with Crippen molar-refractivity contribution in [1.29, 1.82) is 0 Å². The zero-order valence-electron chi connectivity index (χ0n) is 9.87. The Hall–Kier alpha value is -0.770. The predicted octanol–water partition coefficient (Wildman–Crippen LogP) is 2.02. The Morgan fingerprint density at radius 1 is 1.20 bits per heavy atom. The quantitative estimate of drug-likeness (QED) is 0.676. The van der Waals surface area contributed by atoms with Gasteiger partial charge in [-0.15, -0.1) is 0 Å². The number of hydrogen-bond donors (Lipinski definition) is 1. The Balaban J connectivity index is 3.90. The third-order valence-electron chi connectivity index (χ3n) is 2.14. The molecule has 0 aliphatic carbocycles. The van der Waals surface area contributed by atoms with E-state index in [0.29, 0.717) is 0 Å². The highest BCUT2D eigenvalue weighted by atomic mass is 16.6. The lowest BCUT2D eigenvalue weighted by Crippen LogP contribution is -2.34. The van der Waals surface area contributed by atoms with Gasteiger partial charge >= 0.3 is 6.09 Å². The smallest absolute Gasteiger partial charge is 0.409 e. The SMILES string of the molecule is CCCCN(CCCC)C(=O)OCCO. The lowest BCUT2D eigenvalue weighted by atomic mass is 10.3. The number of amides is 1. The normalized spacial score (nSPS) is 10.1. The van der Waals surface area contributed by atoms with Crippen LogP contribution in [0, 0.1) is 0 Å². The van der Waals surface area contributed by atoms with Crippen molar-refractivity contribution < 1.29 is 14.6 Å². The van der Waals surface area contributed by atoms with Gasteiger partial charge in [-0.3, -0.25) is 0 Å². The fraction of sp³-hybridized carbons (Fsp3) is 0.909. The van der Waals surface area contributed by atoms with Gasteiger partial charge in [0.25, 0.3) is 0 Å². The standard InChI is InChI=1S/C11H23NO3/c1-3-5-7-12(8-6-4-2)11(14)15-10-9-13/h13H,3-10H2,1-2H3. The molecule has 0 heterocycles. The molecule has 4 heteroatoms. The molecule has 0 saturated heterocycles. The summed E-state index contributed by atoms with van der Waals surface area (Å²) in [6.45, 7) is 5.67. The number of nitrogens with zero attached hydrogens (tertiary/aromatic N) is 1. The van der Waals surface area contributed by atoms with E-state index >= 15 is 0 Å². The number of ether oxygens (including phenoxy) is 1. The van der Waals surface area contributed by atoms with Gasteiger partial charge in [-0.05, 0) is 12.8 Å². The van der Waals surface area contributed by atoms with Crippen LogP contribution in [0.3, 0.4) is 0 Å². The maximum atomic E-state index is 11.5. The number of aliphatic hydroxyl groups is 1. The monoisotopic (exact) mass is 217 g/mol. The van der Waals surface area contributed by atoms with E-state index in [4.69, 9.17) is 9.84 Å². The van der Waals surface area contributed by atoms with Crippen molar-refractivity contribution in [2.75, 3.05) is 26.3 Å². The van der Waals surface area contributed by atoms with E-state index in [1.807, 2.05) is 0 Å². The zero-order chi connectivity index (χ0) is 11.5. The molecule has 4 nitrogen and oxygen atoms in total. The van der Waals surface area contributed by atoms with E-state index in [0.717, 1.165) is 38.8 Å². The zero-order valence-corrected chi connectivity index (χ0v) is 9.87. The summed E-state index contributed by atoms with van der Waals surface area (Å²) in [6, 6.07) is 0. The molecule has 0 aliphatic rings. The van der Waals surface area contributed by atoms with Gasteiger partial charge in [0.1, 0.15) is 6.61 Å². The Morgan fingerprint density at radius 3 is 2.13 bits per heavy atom. The molecule has 0 atom stereocenters. The molecule has 0 unspecified atom stereocenters. The average molecular weight is 217 g/mol. The molecule has 1 amide bonds. The minimum atomic E-state index is -0.300. The van der Waals surface area contributed by atoms with Crippen molar-refractivity contribution in [3.05, 3.63) is 0 Å². The highest BCUT2D eigenvalue weighted by Gasteiger charge is 2.12. The molecule has 0 aliphatic heterocycles. The molecule has 0 spiro atoms. The summed E-state index contributed by atoms with van der Waals surface area (Å²) in [4.78, 5) is 13.2. The maximum absolute atomic E-state index is 11.5. The molecule has 90 valence electrons. The fourth-order valence-corrected chi connectivity index (χ4v) is 1.22. The summed E-state index contributed by atoms with van der Waals surface area (Å²) in [7, 11) is 0. The van der Waals surface area contributed by atoms with Crippen molar-refractivity contribution in [2.45, 2.75) is 39.5 Å². The summed E-state index contributed by atoms with van der Waals surface area (Å²) in [5.41, 5.74) is 0. The van der Waals surface area contributed by atoms with Crippen LogP contribution in [0.15, 0.2) is 0 Å². The number of rotatable bonds is 8. The lowest BCUT2D eigenvalue weighted by Gasteiger charge is -2.21. The molecule has 0 saturated carbocycles. The average Bonchev–Trinajstić information content (AvgIpc) is 2.26. The first-order chi connectivity index (χ1) is 7.26. The molecular weight excluding hydrogens is 194 g/mol. The van der Waals surface area contributed by atoms with E-state index in [1.54, 1.807) is 4.90 Å². The van der Waals surface area contributed by atoms with Gasteiger partial charge in [0.15, 0.2) is 0 Å². The van der Waals surface area contributed by atoms with Gasteiger partial charge in [-0.25, -0.2) is 4.79 Å². The molecular formula is C11H23NO3. The topological polar surface area (TPSA) is 49.8 Å². The lowest BCUT2D eigenvalue weighted by molar-refractivity contribution is 0.0833. The molecule has 15 heavy (non-hydrogen) atoms. The van der Waals surface area contributed by atoms with E-state index in [1.165, 1.54) is 0 Å². The molecule has 0 rings (SSSR count). The summed E-state index contributed by atoms with van der Waals surface area (Å²) in [5.74, 6) is 0. The Morgan fingerprint density at radius 2 is 1.73 bits per heavy atom. The van der Waals surface area contributed by atoms with Gasteiger partial charge in [0.2, 0.25) is 0 Å². The van der Waals surface area contributed by atoms with Crippen molar-refractivity contribution >= 4 is 6.09 Å². The van der Waals surface area contributed by atoms with Gasteiger partial charge in [-0.1, -0.05) is 26.7 Å². The van der Waals surface area contributed by atoms with Crippen LogP contribution in [0.2, 0.25) is 0 Å². The fourth-order valence-electron chi connectivity index (χ4n) is 1.22. The third-order valence-corrected chi connectivity index (χ3v) is 2.14. The third kappa shape index (κ3) is 7.19. The molecule has 0 aromatic heterocycles. The van der Waals surface area contributed by atoms with Crippen LogP contribution in [0.1, 0.15) is 39.5 Å². The number of aliphatic hydroxyl groups excluding tert-OH is 1. The number of carbonyl (C=O) groups is 1. The van der Waals surface area contributed by atoms with Crippen LogP contribution in [-0.2, 0) is 4.74 Å². The second-order valence-corrected chi connectivity index (χ2v) is 3.53. The molecule has 0 aromatic carbocycles. The summed E-state index contributed by atoms with van der Waals surface area (Å²) < 4.78 is 4.88. The van der Waals surface area contributed by atoms with Crippen LogP contribution in [-0.4, -0.2) is 42.4 Å². The highest BCUT2D eigenvalue weighted by molar-refractivity contribution is 5.67. The molecule has 0 bridgehead atoms. The van der Waals surface area contributed by atoms with Crippen LogP contribution in [0.4, 0.5) is 4.79 Å². The Labute approximate surface area is 92.2 Å². The molecule has 0 radical (unpaired) electrons. The van der Waals surface area contributed by atoms with Crippen molar-refractivity contribution in [2.24, 2.45) is 0 Å². The van der Waals surface area contributed by atoms with Gasteiger partial charge < -0.3 is 14.7 Å². The van der Waals surface area contributed by atoms with Crippen LogP contribution >= 0.6 is 0 Å². The van der Waals surface area contributed by atoms with E-state index in [2.05, 4.69) is 13.8 Å². The number of hydrogen-bond acceptors (Lipinski definition) is 3. The summed E-state index contributed by atoms with van der Waals surface area (Å²) in [5, 5.41) is 8.55. The van der Waals surface area contributed by atoms with Crippen LogP contribution in [0.25, 0.3) is 0 Å². The van der Waals surface area contributed by atoms with Crippen LogP contribution in [0.5, 0.6) is 0 Å². The minimum Gasteiger partial charge on any atom is -0.447 e. The number of unbranched alkanes of at least 4 members (excludes halogenated alkanes) is 2. The number of carbonyl (C=O) groups excluding carboxylic acids is 1. The first kappa shape index (κ1) is 14.2. The first-order valence-electron chi connectivity index (χ1n) is 5.78. The molecule has 0 aromatic rings. The van der Waals surface area contributed by atoms with Gasteiger partial charge in [0, 0.05) is 13.1 Å². The van der Waals surface area contributed by atoms with Gasteiger partial charge in [0.05, 0.1) is 6.61 Å². The summed E-state index contributed by atoms with van der Waals surface area (Å²) >= 11 is 0. The van der Waals surface area contributed by atoms with E-state index < -0.39 is 0 Å². The van der Waals surface area contributed by atoms with Crippen molar-refractivity contribution in [3.63, 3.8) is 0 Å². The van der Waals surface area contributed by atoms with Crippen molar-refractivity contribution in [3.8, 4) is 0 Å². The summed E-state index contributed by atoms with van der Waals surface area (Å²) in [6.07, 6.45) is 3.83. The van der Waals surface area contributed by atoms with Crippen molar-refractivity contribution in [1.82, 2.24) is 4.90 Å². The molecule has 1 N–H and O–H groups in total. The first-order valence-corrected chi connectivity index (χ1v) is 5.78. The minimum absolute atomic E-state index is 0.0909. The highest BCUT2D eigenvalue weighted by Crippen LogP contribution is 2.01. The largest absolute Gasteiger partial charge is 0.447 e. The van der Waals surface area contributed by atoms with E-state index in [-0.39, 0.29) is 19.3 Å². The Kier molecular flexibility index (Phi) is 9.27. The second kappa shape index (κ2) is 9.77. The molecule has 0 fully saturated rings. The second-order valence-electron chi connectivity index (χ2n) is 3.53. The maximum Gasteiger partial charge on any atom is 0.409 e. The predicted molar refractivity (Wildman–Crippen MR) is 59.8 cm³/mol. The van der Waals surface area contributed by atoms with Gasteiger partial charge in [-0.2, -0.15) is 0 Å². The van der Waals surface area contributed by atoms with E-state index in [9.17, 15) is 4.79 Å². The Bertz CT molecular complexity index is 154.